The van der Waals surface area contributed by atoms with Gasteiger partial charge in [-0.2, -0.15) is 0 Å². The lowest BCUT2D eigenvalue weighted by atomic mass is 9.96. The Morgan fingerprint density at radius 2 is 2.25 bits per heavy atom. The topological polar surface area (TPSA) is 50.9 Å². The van der Waals surface area contributed by atoms with Crippen LogP contribution >= 0.6 is 0 Å². The number of pyridine rings is 1. The number of nitrogens with two attached hydrogens (primary N) is 1. The van der Waals surface area contributed by atoms with Crippen molar-refractivity contribution in [2.75, 3.05) is 18.4 Å². The van der Waals surface area contributed by atoms with Crippen molar-refractivity contribution in [2.45, 2.75) is 26.2 Å². The zero-order chi connectivity index (χ0) is 11.4. The standard InChI is InChI=1S/C13H21N3/c1-10-8-15-6-5-13(10)16-9-12-4-2-3-11(12)7-14/h5-6,8,11-12H,2-4,7,9,14H2,1H3,(H,15,16). The molecule has 1 aromatic rings. The fraction of sp³-hybridized carbons (Fsp3) is 0.615. The van der Waals surface area contributed by atoms with E-state index in [9.17, 15) is 0 Å². The number of aryl methyl sites for hydroxylation is 1. The largest absolute Gasteiger partial charge is 0.384 e. The van der Waals surface area contributed by atoms with Gasteiger partial charge in [-0.1, -0.05) is 6.42 Å². The molecule has 1 aliphatic carbocycles. The van der Waals surface area contributed by atoms with E-state index in [0.717, 1.165) is 24.9 Å². The van der Waals surface area contributed by atoms with Crippen LogP contribution in [-0.2, 0) is 0 Å². The van der Waals surface area contributed by atoms with Crippen molar-refractivity contribution in [3.8, 4) is 0 Å². The highest BCUT2D eigenvalue weighted by atomic mass is 14.9. The Morgan fingerprint density at radius 1 is 1.44 bits per heavy atom. The van der Waals surface area contributed by atoms with Gasteiger partial charge in [0, 0.05) is 24.6 Å². The molecule has 3 nitrogen and oxygen atoms in total. The van der Waals surface area contributed by atoms with Crippen LogP contribution in [0.1, 0.15) is 24.8 Å². The molecule has 2 atom stereocenters. The molecule has 1 heterocycles. The second-order valence-corrected chi connectivity index (χ2v) is 4.76. The minimum absolute atomic E-state index is 0.717. The quantitative estimate of drug-likeness (QED) is 0.816. The summed E-state index contributed by atoms with van der Waals surface area (Å²) < 4.78 is 0. The zero-order valence-electron chi connectivity index (χ0n) is 9.95. The van der Waals surface area contributed by atoms with E-state index in [0.29, 0.717) is 0 Å². The van der Waals surface area contributed by atoms with Gasteiger partial charge in [-0.05, 0) is 49.8 Å². The molecule has 0 saturated heterocycles. The number of aromatic nitrogens is 1. The lowest BCUT2D eigenvalue weighted by molar-refractivity contribution is 0.414. The Labute approximate surface area is 97.5 Å². The van der Waals surface area contributed by atoms with E-state index in [1.807, 2.05) is 18.5 Å². The Morgan fingerprint density at radius 3 is 3.00 bits per heavy atom. The van der Waals surface area contributed by atoms with E-state index >= 15 is 0 Å². The van der Waals surface area contributed by atoms with Crippen LogP contribution in [0.4, 0.5) is 5.69 Å². The fourth-order valence-corrected chi connectivity index (χ4v) is 2.61. The number of nitrogens with one attached hydrogen (secondary N) is 1. The van der Waals surface area contributed by atoms with Crippen LogP contribution in [-0.4, -0.2) is 18.1 Å². The van der Waals surface area contributed by atoms with E-state index in [4.69, 9.17) is 5.73 Å². The Bertz CT molecular complexity index is 338. The summed E-state index contributed by atoms with van der Waals surface area (Å²) in [6.07, 6.45) is 7.70. The van der Waals surface area contributed by atoms with Crippen LogP contribution in [0.2, 0.25) is 0 Å². The van der Waals surface area contributed by atoms with E-state index in [1.165, 1.54) is 30.5 Å². The first-order valence-corrected chi connectivity index (χ1v) is 6.16. The van der Waals surface area contributed by atoms with Crippen molar-refractivity contribution in [1.82, 2.24) is 4.98 Å². The zero-order valence-corrected chi connectivity index (χ0v) is 9.95. The molecular weight excluding hydrogens is 198 g/mol. The van der Waals surface area contributed by atoms with Crippen LogP contribution in [0.15, 0.2) is 18.5 Å². The first-order chi connectivity index (χ1) is 7.81. The van der Waals surface area contributed by atoms with Gasteiger partial charge in [0.2, 0.25) is 0 Å². The minimum Gasteiger partial charge on any atom is -0.384 e. The fourth-order valence-electron chi connectivity index (χ4n) is 2.61. The summed E-state index contributed by atoms with van der Waals surface area (Å²) in [5, 5.41) is 3.52. The van der Waals surface area contributed by atoms with Crippen molar-refractivity contribution in [3.05, 3.63) is 24.0 Å². The van der Waals surface area contributed by atoms with Crippen molar-refractivity contribution in [2.24, 2.45) is 17.6 Å². The molecule has 16 heavy (non-hydrogen) atoms. The second-order valence-electron chi connectivity index (χ2n) is 4.76. The molecule has 3 heteroatoms. The summed E-state index contributed by atoms with van der Waals surface area (Å²) in [5.41, 5.74) is 8.20. The SMILES string of the molecule is Cc1cnccc1NCC1CCCC1CN. The third-order valence-corrected chi connectivity index (χ3v) is 3.69. The molecule has 3 N–H and O–H groups in total. The summed E-state index contributed by atoms with van der Waals surface area (Å²) in [4.78, 5) is 4.10. The Balaban J connectivity index is 1.90. The molecule has 1 aromatic heterocycles. The maximum atomic E-state index is 5.79. The van der Waals surface area contributed by atoms with Crippen LogP contribution in [0.5, 0.6) is 0 Å². The second kappa shape index (κ2) is 5.30. The number of hydrogen-bond donors (Lipinski definition) is 2. The third-order valence-electron chi connectivity index (χ3n) is 3.69. The van der Waals surface area contributed by atoms with Crippen LogP contribution in [0, 0.1) is 18.8 Å². The number of rotatable bonds is 4. The van der Waals surface area contributed by atoms with Crippen LogP contribution in [0.3, 0.4) is 0 Å². The molecule has 1 fully saturated rings. The predicted octanol–water partition coefficient (Wildman–Crippen LogP) is 2.18. The number of anilines is 1. The highest BCUT2D eigenvalue weighted by Gasteiger charge is 2.25. The monoisotopic (exact) mass is 219 g/mol. The lowest BCUT2D eigenvalue weighted by Crippen LogP contribution is -2.24. The predicted molar refractivity (Wildman–Crippen MR) is 67.3 cm³/mol. The molecule has 1 aliphatic rings. The maximum Gasteiger partial charge on any atom is 0.0400 e. The highest BCUT2D eigenvalue weighted by Crippen LogP contribution is 2.31. The Kier molecular flexibility index (Phi) is 3.78. The molecule has 0 radical (unpaired) electrons. The minimum atomic E-state index is 0.717. The summed E-state index contributed by atoms with van der Waals surface area (Å²) in [6.45, 7) is 3.97. The Hall–Kier alpha value is -1.09. The lowest BCUT2D eigenvalue weighted by Gasteiger charge is -2.19. The summed E-state index contributed by atoms with van der Waals surface area (Å²) in [6, 6.07) is 2.04. The molecule has 0 bridgehead atoms. The van der Waals surface area contributed by atoms with Crippen LogP contribution < -0.4 is 11.1 Å². The van der Waals surface area contributed by atoms with Gasteiger partial charge < -0.3 is 11.1 Å². The van der Waals surface area contributed by atoms with E-state index in [2.05, 4.69) is 17.2 Å². The average molecular weight is 219 g/mol. The van der Waals surface area contributed by atoms with Gasteiger partial charge in [0.1, 0.15) is 0 Å². The molecule has 2 rings (SSSR count). The maximum absolute atomic E-state index is 5.79. The van der Waals surface area contributed by atoms with Crippen molar-refractivity contribution in [1.29, 1.82) is 0 Å². The summed E-state index contributed by atoms with van der Waals surface area (Å²) in [7, 11) is 0. The van der Waals surface area contributed by atoms with Gasteiger partial charge >= 0.3 is 0 Å². The molecule has 0 spiro atoms. The van der Waals surface area contributed by atoms with Crippen LogP contribution in [0.25, 0.3) is 0 Å². The van der Waals surface area contributed by atoms with Gasteiger partial charge in [-0.3, -0.25) is 4.98 Å². The first-order valence-electron chi connectivity index (χ1n) is 6.16. The van der Waals surface area contributed by atoms with E-state index in [1.54, 1.807) is 0 Å². The van der Waals surface area contributed by atoms with Gasteiger partial charge in [0.25, 0.3) is 0 Å². The normalized spacial score (nSPS) is 24.6. The summed E-state index contributed by atoms with van der Waals surface area (Å²) >= 11 is 0. The van der Waals surface area contributed by atoms with Crippen molar-refractivity contribution in [3.63, 3.8) is 0 Å². The molecule has 0 aromatic carbocycles. The van der Waals surface area contributed by atoms with Crippen molar-refractivity contribution >= 4 is 5.69 Å². The molecule has 0 amide bonds. The molecule has 88 valence electrons. The average Bonchev–Trinajstić information content (AvgIpc) is 2.75. The number of nitrogens with zero attached hydrogens (tertiary/aromatic N) is 1. The molecule has 2 unspecified atom stereocenters. The van der Waals surface area contributed by atoms with E-state index < -0.39 is 0 Å². The highest BCUT2D eigenvalue weighted by molar-refractivity contribution is 5.48. The smallest absolute Gasteiger partial charge is 0.0400 e. The van der Waals surface area contributed by atoms with Gasteiger partial charge in [0.15, 0.2) is 0 Å². The summed E-state index contributed by atoms with van der Waals surface area (Å²) in [5.74, 6) is 1.47. The molecule has 1 saturated carbocycles. The van der Waals surface area contributed by atoms with Gasteiger partial charge in [0.05, 0.1) is 0 Å². The number of hydrogen-bond acceptors (Lipinski definition) is 3. The van der Waals surface area contributed by atoms with Crippen molar-refractivity contribution < 1.29 is 0 Å². The van der Waals surface area contributed by atoms with Gasteiger partial charge in [-0.15, -0.1) is 0 Å². The van der Waals surface area contributed by atoms with E-state index in [-0.39, 0.29) is 0 Å². The third kappa shape index (κ3) is 2.53. The molecule has 0 aliphatic heterocycles. The molecular formula is C13H21N3. The first kappa shape index (κ1) is 11.4. The van der Waals surface area contributed by atoms with Gasteiger partial charge in [-0.25, -0.2) is 0 Å².